The van der Waals surface area contributed by atoms with Crippen LogP contribution < -0.4 is 4.74 Å². The molecule has 2 rings (SSSR count). The number of methoxy groups -OCH3 is 1. The summed E-state index contributed by atoms with van der Waals surface area (Å²) < 4.78 is 8.03. The lowest BCUT2D eigenvalue weighted by Crippen LogP contribution is -1.93. The predicted molar refractivity (Wildman–Crippen MR) is 54.2 cm³/mol. The third-order valence-electron chi connectivity index (χ3n) is 2.06. The molecule has 2 aromatic rings. The van der Waals surface area contributed by atoms with Gasteiger partial charge in [-0.05, 0) is 28.9 Å². The number of hydrogen-bond donors (Lipinski definition) is 0. The van der Waals surface area contributed by atoms with Crippen LogP contribution in [0.1, 0.15) is 5.56 Å². The Balaban J connectivity index is 2.83. The summed E-state index contributed by atoms with van der Waals surface area (Å²) in [6.07, 6.45) is 3.66. The van der Waals surface area contributed by atoms with Crippen molar-refractivity contribution < 1.29 is 4.74 Å². The number of pyridine rings is 1. The molecule has 0 N–H and O–H groups in total. The van der Waals surface area contributed by atoms with Gasteiger partial charge in [0.1, 0.15) is 5.75 Å². The van der Waals surface area contributed by atoms with Crippen LogP contribution in [0.5, 0.6) is 5.75 Å². The molecule has 0 aliphatic heterocycles. The van der Waals surface area contributed by atoms with Crippen molar-refractivity contribution in [2.75, 3.05) is 7.11 Å². The molecule has 0 amide bonds. The van der Waals surface area contributed by atoms with Gasteiger partial charge in [-0.3, -0.25) is 0 Å². The highest BCUT2D eigenvalue weighted by molar-refractivity contribution is 9.10. The maximum absolute atomic E-state index is 5.22. The third-order valence-corrected chi connectivity index (χ3v) is 2.64. The molecule has 4 heteroatoms. The molecule has 0 fully saturated rings. The van der Waals surface area contributed by atoms with Gasteiger partial charge < -0.3 is 4.74 Å². The fourth-order valence-corrected chi connectivity index (χ4v) is 1.98. The van der Waals surface area contributed by atoms with Crippen LogP contribution >= 0.6 is 15.9 Å². The van der Waals surface area contributed by atoms with Crippen LogP contribution in [-0.4, -0.2) is 16.7 Å². The standard InChI is InChI=1S/C9H9BrN2O/c1-6-8(13-2)3-4-12-9(6)7(10)5-11-12/h3-5H,1-2H3. The van der Waals surface area contributed by atoms with Crippen LogP contribution in [-0.2, 0) is 0 Å². The maximum atomic E-state index is 5.22. The van der Waals surface area contributed by atoms with E-state index in [0.29, 0.717) is 0 Å². The molecule has 0 unspecified atom stereocenters. The Hall–Kier alpha value is -1.03. The van der Waals surface area contributed by atoms with Gasteiger partial charge in [0.2, 0.25) is 0 Å². The van der Waals surface area contributed by atoms with Gasteiger partial charge in [-0.2, -0.15) is 5.10 Å². The molecule has 3 nitrogen and oxygen atoms in total. The molecular weight excluding hydrogens is 232 g/mol. The number of hydrogen-bond acceptors (Lipinski definition) is 2. The van der Waals surface area contributed by atoms with Gasteiger partial charge in [0.15, 0.2) is 0 Å². The monoisotopic (exact) mass is 240 g/mol. The van der Waals surface area contributed by atoms with E-state index in [9.17, 15) is 0 Å². The van der Waals surface area contributed by atoms with Crippen LogP contribution in [0.15, 0.2) is 22.9 Å². The molecule has 0 radical (unpaired) electrons. The van der Waals surface area contributed by atoms with Crippen molar-refractivity contribution in [1.82, 2.24) is 9.61 Å². The minimum absolute atomic E-state index is 0.883. The molecule has 0 aliphatic carbocycles. The second-order valence-corrected chi connectivity index (χ2v) is 3.65. The van der Waals surface area contributed by atoms with E-state index in [1.807, 2.05) is 23.7 Å². The van der Waals surface area contributed by atoms with Crippen molar-refractivity contribution in [2.45, 2.75) is 6.92 Å². The van der Waals surface area contributed by atoms with E-state index >= 15 is 0 Å². The summed E-state index contributed by atoms with van der Waals surface area (Å²) in [5.41, 5.74) is 2.15. The van der Waals surface area contributed by atoms with E-state index in [2.05, 4.69) is 21.0 Å². The number of ether oxygens (including phenoxy) is 1. The number of rotatable bonds is 1. The zero-order valence-corrected chi connectivity index (χ0v) is 9.00. The van der Waals surface area contributed by atoms with Gasteiger partial charge in [-0.1, -0.05) is 0 Å². The normalized spacial score (nSPS) is 10.7. The Bertz CT molecular complexity index is 450. The van der Waals surface area contributed by atoms with Crippen molar-refractivity contribution in [3.05, 3.63) is 28.5 Å². The predicted octanol–water partition coefficient (Wildman–Crippen LogP) is 2.41. The van der Waals surface area contributed by atoms with Gasteiger partial charge in [0.25, 0.3) is 0 Å². The SMILES string of the molecule is COc1ccn2ncc(Br)c2c1C. The molecule has 0 saturated heterocycles. The second-order valence-electron chi connectivity index (χ2n) is 2.79. The molecular formula is C9H9BrN2O. The van der Waals surface area contributed by atoms with E-state index in [1.54, 1.807) is 13.3 Å². The summed E-state index contributed by atoms with van der Waals surface area (Å²) in [5, 5.41) is 4.17. The first-order valence-electron chi connectivity index (χ1n) is 3.90. The first kappa shape index (κ1) is 8.56. The van der Waals surface area contributed by atoms with E-state index in [4.69, 9.17) is 4.74 Å². The minimum atomic E-state index is 0.883. The maximum Gasteiger partial charge on any atom is 0.125 e. The molecule has 2 aromatic heterocycles. The van der Waals surface area contributed by atoms with E-state index in [0.717, 1.165) is 21.3 Å². The Kier molecular flexibility index (Phi) is 2.00. The molecule has 68 valence electrons. The van der Waals surface area contributed by atoms with Crippen LogP contribution in [0.25, 0.3) is 5.52 Å². The molecule has 0 spiro atoms. The summed E-state index contributed by atoms with van der Waals surface area (Å²) in [6, 6.07) is 1.90. The van der Waals surface area contributed by atoms with Crippen molar-refractivity contribution in [1.29, 1.82) is 0 Å². The number of nitrogens with zero attached hydrogens (tertiary/aromatic N) is 2. The van der Waals surface area contributed by atoms with Gasteiger partial charge in [0, 0.05) is 11.8 Å². The summed E-state index contributed by atoms with van der Waals surface area (Å²) in [7, 11) is 1.67. The Morgan fingerprint density at radius 1 is 1.54 bits per heavy atom. The lowest BCUT2D eigenvalue weighted by atomic mass is 10.2. The zero-order valence-electron chi connectivity index (χ0n) is 7.41. The fourth-order valence-electron chi connectivity index (χ4n) is 1.41. The smallest absolute Gasteiger partial charge is 0.125 e. The molecule has 0 bridgehead atoms. The van der Waals surface area contributed by atoms with E-state index in [-0.39, 0.29) is 0 Å². The highest BCUT2D eigenvalue weighted by Gasteiger charge is 2.07. The molecule has 0 aromatic carbocycles. The largest absolute Gasteiger partial charge is 0.496 e. The highest BCUT2D eigenvalue weighted by atomic mass is 79.9. The lowest BCUT2D eigenvalue weighted by Gasteiger charge is -2.05. The van der Waals surface area contributed by atoms with Crippen molar-refractivity contribution in [3.8, 4) is 5.75 Å². The van der Waals surface area contributed by atoms with Crippen LogP contribution in [0, 0.1) is 6.92 Å². The summed E-state index contributed by atoms with van der Waals surface area (Å²) in [6.45, 7) is 2.01. The van der Waals surface area contributed by atoms with Gasteiger partial charge in [0.05, 0.1) is 23.3 Å². The average Bonchev–Trinajstić information content (AvgIpc) is 2.49. The van der Waals surface area contributed by atoms with Crippen LogP contribution in [0.3, 0.4) is 0 Å². The summed E-state index contributed by atoms with van der Waals surface area (Å²) in [5.74, 6) is 0.883. The number of fused-ring (bicyclic) bond motifs is 1. The van der Waals surface area contributed by atoms with Gasteiger partial charge >= 0.3 is 0 Å². The van der Waals surface area contributed by atoms with Gasteiger partial charge in [-0.25, -0.2) is 4.52 Å². The number of aryl methyl sites for hydroxylation is 1. The average molecular weight is 241 g/mol. The van der Waals surface area contributed by atoms with E-state index in [1.165, 1.54) is 0 Å². The Labute approximate surface area is 84.4 Å². The summed E-state index contributed by atoms with van der Waals surface area (Å²) >= 11 is 3.44. The Morgan fingerprint density at radius 3 is 3.00 bits per heavy atom. The van der Waals surface area contributed by atoms with Crippen LogP contribution in [0.4, 0.5) is 0 Å². The van der Waals surface area contributed by atoms with Crippen LogP contribution in [0.2, 0.25) is 0 Å². The quantitative estimate of drug-likeness (QED) is 0.766. The fraction of sp³-hybridized carbons (Fsp3) is 0.222. The Morgan fingerprint density at radius 2 is 2.31 bits per heavy atom. The topological polar surface area (TPSA) is 26.5 Å². The van der Waals surface area contributed by atoms with Crippen molar-refractivity contribution in [3.63, 3.8) is 0 Å². The number of halogens is 1. The first-order chi connectivity index (χ1) is 6.24. The van der Waals surface area contributed by atoms with Gasteiger partial charge in [-0.15, -0.1) is 0 Å². The first-order valence-corrected chi connectivity index (χ1v) is 4.70. The molecule has 13 heavy (non-hydrogen) atoms. The van der Waals surface area contributed by atoms with Crippen molar-refractivity contribution >= 4 is 21.4 Å². The van der Waals surface area contributed by atoms with Crippen molar-refractivity contribution in [2.24, 2.45) is 0 Å². The number of aromatic nitrogens is 2. The molecule has 0 saturated carbocycles. The molecule has 0 aliphatic rings. The molecule has 2 heterocycles. The molecule has 0 atom stereocenters. The zero-order chi connectivity index (χ0) is 9.42. The second kappa shape index (κ2) is 3.03. The third kappa shape index (κ3) is 1.21. The highest BCUT2D eigenvalue weighted by Crippen LogP contribution is 2.27. The lowest BCUT2D eigenvalue weighted by molar-refractivity contribution is 0.411. The summed E-state index contributed by atoms with van der Waals surface area (Å²) in [4.78, 5) is 0. The minimum Gasteiger partial charge on any atom is -0.496 e. The van der Waals surface area contributed by atoms with E-state index < -0.39 is 0 Å².